The highest BCUT2D eigenvalue weighted by Crippen LogP contribution is 2.22. The quantitative estimate of drug-likeness (QED) is 0.575. The van der Waals surface area contributed by atoms with E-state index < -0.39 is 34.7 Å². The van der Waals surface area contributed by atoms with Crippen LogP contribution in [-0.2, 0) is 4.74 Å². The van der Waals surface area contributed by atoms with Crippen LogP contribution in [0.4, 0.5) is 13.2 Å². The van der Waals surface area contributed by atoms with E-state index in [-0.39, 0.29) is 6.61 Å². The van der Waals surface area contributed by atoms with Gasteiger partial charge in [0, 0.05) is 18.6 Å². The lowest BCUT2D eigenvalue weighted by Gasteiger charge is -2.07. The molecule has 0 bridgehead atoms. The second kappa shape index (κ2) is 4.25. The van der Waals surface area contributed by atoms with Gasteiger partial charge in [0.05, 0.1) is 12.2 Å². The van der Waals surface area contributed by atoms with Crippen LogP contribution in [0.3, 0.4) is 0 Å². The van der Waals surface area contributed by atoms with E-state index >= 15 is 0 Å². The highest BCUT2D eigenvalue weighted by atomic mass is 19.2. The second-order valence-electron chi connectivity index (χ2n) is 3.67. The fourth-order valence-corrected chi connectivity index (χ4v) is 1.67. The number of ketones is 1. The molecule has 0 aliphatic carbocycles. The van der Waals surface area contributed by atoms with E-state index in [9.17, 15) is 18.0 Å². The zero-order valence-corrected chi connectivity index (χ0v) is 8.30. The predicted molar refractivity (Wildman–Crippen MR) is 49.6 cm³/mol. The smallest absolute Gasteiger partial charge is 0.171 e. The van der Waals surface area contributed by atoms with Crippen molar-refractivity contribution in [1.82, 2.24) is 0 Å². The minimum absolute atomic E-state index is 0.206. The molecule has 0 radical (unpaired) electrons. The predicted octanol–water partition coefficient (Wildman–Crippen LogP) is 2.32. The Balaban J connectivity index is 2.32. The molecular weight excluding hydrogens is 221 g/mol. The minimum Gasteiger partial charge on any atom is -0.381 e. The Hall–Kier alpha value is -1.36. The van der Waals surface area contributed by atoms with Crippen LogP contribution >= 0.6 is 0 Å². The molecule has 5 heteroatoms. The van der Waals surface area contributed by atoms with Gasteiger partial charge in [0.25, 0.3) is 0 Å². The zero-order chi connectivity index (χ0) is 11.7. The largest absolute Gasteiger partial charge is 0.381 e. The first-order valence-electron chi connectivity index (χ1n) is 4.86. The van der Waals surface area contributed by atoms with E-state index in [1.54, 1.807) is 0 Å². The summed E-state index contributed by atoms with van der Waals surface area (Å²) in [4.78, 5) is 11.7. The van der Waals surface area contributed by atoms with Crippen LogP contribution in [0.15, 0.2) is 12.1 Å². The van der Waals surface area contributed by atoms with Gasteiger partial charge in [-0.05, 0) is 12.5 Å². The van der Waals surface area contributed by atoms with Gasteiger partial charge in [0.2, 0.25) is 0 Å². The molecule has 0 N–H and O–H groups in total. The third kappa shape index (κ3) is 1.95. The van der Waals surface area contributed by atoms with Gasteiger partial charge >= 0.3 is 0 Å². The second-order valence-corrected chi connectivity index (χ2v) is 3.67. The van der Waals surface area contributed by atoms with Gasteiger partial charge in [-0.15, -0.1) is 0 Å². The number of ether oxygens (including phenoxy) is 1. The summed E-state index contributed by atoms with van der Waals surface area (Å²) >= 11 is 0. The van der Waals surface area contributed by atoms with E-state index in [0.717, 1.165) is 0 Å². The number of halogens is 3. The number of carbonyl (C=O) groups is 1. The number of benzene rings is 1. The van der Waals surface area contributed by atoms with Crippen LogP contribution in [0.1, 0.15) is 16.8 Å². The fraction of sp³-hybridized carbons (Fsp3) is 0.364. The lowest BCUT2D eigenvalue weighted by Crippen LogP contribution is -2.16. The number of hydrogen-bond acceptors (Lipinski definition) is 2. The van der Waals surface area contributed by atoms with Gasteiger partial charge in [0.1, 0.15) is 5.82 Å². The van der Waals surface area contributed by atoms with Crippen molar-refractivity contribution in [3.8, 4) is 0 Å². The summed E-state index contributed by atoms with van der Waals surface area (Å²) in [7, 11) is 0. The summed E-state index contributed by atoms with van der Waals surface area (Å²) in [6, 6.07) is 0.990. The minimum atomic E-state index is -1.29. The van der Waals surface area contributed by atoms with Crippen LogP contribution in [0.5, 0.6) is 0 Å². The normalized spacial score (nSPS) is 20.1. The van der Waals surface area contributed by atoms with Gasteiger partial charge in [-0.25, -0.2) is 13.2 Å². The molecule has 2 nitrogen and oxygen atoms in total. The number of hydrogen-bond donors (Lipinski definition) is 0. The van der Waals surface area contributed by atoms with Crippen molar-refractivity contribution in [2.45, 2.75) is 6.42 Å². The molecule has 1 saturated heterocycles. The van der Waals surface area contributed by atoms with E-state index in [1.807, 2.05) is 0 Å². The summed E-state index contributed by atoms with van der Waals surface area (Å²) < 4.78 is 43.8. The lowest BCUT2D eigenvalue weighted by molar-refractivity contribution is 0.0895. The molecular formula is C11H9F3O2. The van der Waals surface area contributed by atoms with Crippen molar-refractivity contribution < 1.29 is 22.7 Å². The Kier molecular flexibility index (Phi) is 2.96. The van der Waals surface area contributed by atoms with Crippen LogP contribution in [0.2, 0.25) is 0 Å². The summed E-state index contributed by atoms with van der Waals surface area (Å²) in [6.07, 6.45) is 0.483. The Morgan fingerprint density at radius 1 is 1.19 bits per heavy atom. The maximum atomic E-state index is 13.3. The zero-order valence-electron chi connectivity index (χ0n) is 8.30. The van der Waals surface area contributed by atoms with Gasteiger partial charge in [-0.3, -0.25) is 4.79 Å². The van der Waals surface area contributed by atoms with Gasteiger partial charge < -0.3 is 4.74 Å². The Morgan fingerprint density at radius 2 is 1.88 bits per heavy atom. The Morgan fingerprint density at radius 3 is 2.50 bits per heavy atom. The molecule has 1 aromatic carbocycles. The van der Waals surface area contributed by atoms with Crippen molar-refractivity contribution >= 4 is 5.78 Å². The van der Waals surface area contributed by atoms with Crippen molar-refractivity contribution in [2.24, 2.45) is 5.92 Å². The van der Waals surface area contributed by atoms with Crippen molar-refractivity contribution in [1.29, 1.82) is 0 Å². The standard InChI is InChI=1S/C11H9F3O2/c12-8-4-10(14)9(13)3-7(8)11(15)6-1-2-16-5-6/h3-4,6H,1-2,5H2. The molecule has 86 valence electrons. The average molecular weight is 230 g/mol. The first kappa shape index (κ1) is 11.1. The van der Waals surface area contributed by atoms with Crippen molar-refractivity contribution in [3.63, 3.8) is 0 Å². The Bertz CT molecular complexity index is 425. The van der Waals surface area contributed by atoms with Gasteiger partial charge in [0.15, 0.2) is 17.4 Å². The third-order valence-electron chi connectivity index (χ3n) is 2.58. The summed E-state index contributed by atoms with van der Waals surface area (Å²) in [5, 5.41) is 0. The Labute approximate surface area is 90.0 Å². The molecule has 1 aliphatic heterocycles. The lowest BCUT2D eigenvalue weighted by atomic mass is 9.96. The molecule has 1 aromatic rings. The molecule has 1 heterocycles. The number of Topliss-reactive ketones (excluding diaryl/α,β-unsaturated/α-hetero) is 1. The molecule has 0 amide bonds. The van der Waals surface area contributed by atoms with E-state index in [0.29, 0.717) is 25.2 Å². The van der Waals surface area contributed by atoms with E-state index in [4.69, 9.17) is 4.74 Å². The number of carbonyl (C=O) groups excluding carboxylic acids is 1. The van der Waals surface area contributed by atoms with Crippen LogP contribution in [0, 0.1) is 23.4 Å². The first-order valence-corrected chi connectivity index (χ1v) is 4.86. The van der Waals surface area contributed by atoms with Crippen molar-refractivity contribution in [2.75, 3.05) is 13.2 Å². The van der Waals surface area contributed by atoms with Crippen LogP contribution < -0.4 is 0 Å². The number of rotatable bonds is 2. The molecule has 0 aromatic heterocycles. The molecule has 1 fully saturated rings. The van der Waals surface area contributed by atoms with Crippen LogP contribution in [-0.4, -0.2) is 19.0 Å². The molecule has 0 spiro atoms. The van der Waals surface area contributed by atoms with Gasteiger partial charge in [-0.2, -0.15) is 0 Å². The molecule has 1 aliphatic rings. The van der Waals surface area contributed by atoms with E-state index in [1.165, 1.54) is 0 Å². The summed E-state index contributed by atoms with van der Waals surface area (Å²) in [5.41, 5.74) is -0.408. The van der Waals surface area contributed by atoms with Crippen molar-refractivity contribution in [3.05, 3.63) is 35.1 Å². The summed E-state index contributed by atoms with van der Waals surface area (Å²) in [5.74, 6) is -4.54. The topological polar surface area (TPSA) is 26.3 Å². The maximum Gasteiger partial charge on any atom is 0.171 e. The maximum absolute atomic E-state index is 13.3. The van der Waals surface area contributed by atoms with Crippen LogP contribution in [0.25, 0.3) is 0 Å². The molecule has 16 heavy (non-hydrogen) atoms. The van der Waals surface area contributed by atoms with Gasteiger partial charge in [-0.1, -0.05) is 0 Å². The molecule has 1 unspecified atom stereocenters. The third-order valence-corrected chi connectivity index (χ3v) is 2.58. The molecule has 0 saturated carbocycles. The molecule has 1 atom stereocenters. The van der Waals surface area contributed by atoms with E-state index in [2.05, 4.69) is 0 Å². The SMILES string of the molecule is O=C(c1cc(F)c(F)cc1F)C1CCOC1. The first-order chi connectivity index (χ1) is 7.59. The monoisotopic (exact) mass is 230 g/mol. The molecule has 2 rings (SSSR count). The average Bonchev–Trinajstić information content (AvgIpc) is 2.75. The fourth-order valence-electron chi connectivity index (χ4n) is 1.67. The highest BCUT2D eigenvalue weighted by molar-refractivity contribution is 5.98. The highest BCUT2D eigenvalue weighted by Gasteiger charge is 2.27. The summed E-state index contributed by atoms with van der Waals surface area (Å²) in [6.45, 7) is 0.638.